The largest absolute Gasteiger partial charge is 0.495 e. The smallest absolute Gasteiger partial charge is 0.271 e. The van der Waals surface area contributed by atoms with E-state index in [0.29, 0.717) is 17.1 Å². The van der Waals surface area contributed by atoms with Crippen LogP contribution in [0.3, 0.4) is 0 Å². The van der Waals surface area contributed by atoms with Gasteiger partial charge in [-0.05, 0) is 35.7 Å². The van der Waals surface area contributed by atoms with Crippen LogP contribution in [0.5, 0.6) is 5.75 Å². The van der Waals surface area contributed by atoms with Crippen molar-refractivity contribution in [1.29, 1.82) is 0 Å². The average Bonchev–Trinajstić information content (AvgIpc) is 2.97. The third-order valence-corrected chi connectivity index (χ3v) is 8.03. The van der Waals surface area contributed by atoms with Gasteiger partial charge in [0.05, 0.1) is 18.3 Å². The Labute approximate surface area is 256 Å². The number of carbonyl (C=O) groups excluding carboxylic acids is 2. The molecule has 3 aromatic rings. The Balaban J connectivity index is 2.11. The Morgan fingerprint density at radius 3 is 2.35 bits per heavy atom. The minimum absolute atomic E-state index is 0.0170. The summed E-state index contributed by atoms with van der Waals surface area (Å²) in [6, 6.07) is 18.4. The van der Waals surface area contributed by atoms with Crippen LogP contribution in [-0.4, -0.2) is 62.6 Å². The monoisotopic (exact) mass is 630 g/mol. The van der Waals surface area contributed by atoms with E-state index in [-0.39, 0.29) is 30.1 Å². The zero-order chi connectivity index (χ0) is 31.6. The number of carbonyl (C=O) groups is 2. The van der Waals surface area contributed by atoms with Gasteiger partial charge in [-0.15, -0.1) is 0 Å². The Morgan fingerprint density at radius 1 is 1.05 bits per heavy atom. The second kappa shape index (κ2) is 15.4. The number of nitrogens with one attached hydrogen (secondary N) is 1. The van der Waals surface area contributed by atoms with Crippen LogP contribution in [0.25, 0.3) is 0 Å². The van der Waals surface area contributed by atoms with E-state index in [1.807, 2.05) is 37.3 Å². The zero-order valence-electron chi connectivity index (χ0n) is 24.2. The first kappa shape index (κ1) is 33.3. The molecule has 3 aromatic carbocycles. The van der Waals surface area contributed by atoms with Gasteiger partial charge in [-0.25, -0.2) is 8.42 Å². The van der Waals surface area contributed by atoms with Crippen LogP contribution >= 0.6 is 11.6 Å². The van der Waals surface area contributed by atoms with E-state index >= 15 is 0 Å². The fourth-order valence-corrected chi connectivity index (χ4v) is 5.53. The number of nitro benzene ring substituents is 1. The predicted molar refractivity (Wildman–Crippen MR) is 166 cm³/mol. The first-order valence-corrected chi connectivity index (χ1v) is 15.8. The number of amides is 2. The van der Waals surface area contributed by atoms with Gasteiger partial charge in [-0.2, -0.15) is 0 Å². The van der Waals surface area contributed by atoms with Crippen LogP contribution in [0.2, 0.25) is 5.02 Å². The van der Waals surface area contributed by atoms with Crippen LogP contribution in [0.1, 0.15) is 30.9 Å². The topological polar surface area (TPSA) is 139 Å². The highest BCUT2D eigenvalue weighted by Gasteiger charge is 2.34. The molecular weight excluding hydrogens is 596 g/mol. The molecule has 0 saturated heterocycles. The lowest BCUT2D eigenvalue weighted by Gasteiger charge is -2.33. The van der Waals surface area contributed by atoms with Crippen LogP contribution in [0.4, 0.5) is 11.4 Å². The second-order valence-electron chi connectivity index (χ2n) is 9.88. The van der Waals surface area contributed by atoms with Crippen LogP contribution < -0.4 is 14.4 Å². The van der Waals surface area contributed by atoms with Gasteiger partial charge in [0.25, 0.3) is 5.69 Å². The molecule has 0 saturated carbocycles. The van der Waals surface area contributed by atoms with Gasteiger partial charge >= 0.3 is 0 Å². The number of methoxy groups -OCH3 is 1. The minimum atomic E-state index is -4.16. The number of unbranched alkanes of at least 4 members (excludes halogenated alkanes) is 1. The van der Waals surface area contributed by atoms with Crippen molar-refractivity contribution >= 4 is 44.8 Å². The Hall–Kier alpha value is -4.16. The van der Waals surface area contributed by atoms with Crippen molar-refractivity contribution in [2.75, 3.05) is 30.8 Å². The summed E-state index contributed by atoms with van der Waals surface area (Å²) in [6.45, 7) is 1.59. The molecule has 0 radical (unpaired) electrons. The molecule has 0 spiro atoms. The van der Waals surface area contributed by atoms with Gasteiger partial charge in [0.1, 0.15) is 24.0 Å². The lowest BCUT2D eigenvalue weighted by Crippen LogP contribution is -2.53. The number of hydrogen-bond donors (Lipinski definition) is 1. The Kier molecular flexibility index (Phi) is 11.9. The second-order valence-corrected chi connectivity index (χ2v) is 12.2. The van der Waals surface area contributed by atoms with Crippen molar-refractivity contribution in [3.05, 3.63) is 99.1 Å². The van der Waals surface area contributed by atoms with Gasteiger partial charge in [0.2, 0.25) is 21.8 Å². The number of rotatable bonds is 15. The van der Waals surface area contributed by atoms with Crippen molar-refractivity contribution in [3.63, 3.8) is 0 Å². The SMILES string of the molecule is CCCCNC(=O)C(Cc1ccccc1)N(Cc1cccc(Cl)c1)C(=O)CN(c1cc([N+](=O)[O-])ccc1OC)S(C)(=O)=O. The number of non-ortho nitro benzene ring substituents is 1. The molecule has 0 aliphatic rings. The van der Waals surface area contributed by atoms with Crippen molar-refractivity contribution in [2.45, 2.75) is 38.8 Å². The number of hydrogen-bond acceptors (Lipinski definition) is 7. The molecule has 0 fully saturated rings. The quantitative estimate of drug-likeness (QED) is 0.147. The molecule has 43 heavy (non-hydrogen) atoms. The number of halogens is 1. The maximum atomic E-state index is 14.2. The fourth-order valence-electron chi connectivity index (χ4n) is 4.47. The summed E-state index contributed by atoms with van der Waals surface area (Å²) in [5.41, 5.74) is 0.855. The van der Waals surface area contributed by atoms with Crippen molar-refractivity contribution in [3.8, 4) is 5.75 Å². The van der Waals surface area contributed by atoms with E-state index in [4.69, 9.17) is 16.3 Å². The fraction of sp³-hybridized carbons (Fsp3) is 0.333. The number of anilines is 1. The third-order valence-electron chi connectivity index (χ3n) is 6.66. The molecule has 1 N–H and O–H groups in total. The van der Waals surface area contributed by atoms with Crippen LogP contribution in [-0.2, 0) is 32.6 Å². The summed E-state index contributed by atoms with van der Waals surface area (Å²) in [5, 5.41) is 14.8. The van der Waals surface area contributed by atoms with E-state index in [9.17, 15) is 28.1 Å². The summed E-state index contributed by atoms with van der Waals surface area (Å²) in [7, 11) is -2.88. The molecule has 2 amide bonds. The number of nitro groups is 1. The van der Waals surface area contributed by atoms with Gasteiger partial charge in [0.15, 0.2) is 0 Å². The summed E-state index contributed by atoms with van der Waals surface area (Å²) < 4.78 is 32.1. The maximum Gasteiger partial charge on any atom is 0.271 e. The Bertz CT molecular complexity index is 1540. The summed E-state index contributed by atoms with van der Waals surface area (Å²) in [5.74, 6) is -1.08. The molecule has 3 rings (SSSR count). The van der Waals surface area contributed by atoms with Crippen LogP contribution in [0.15, 0.2) is 72.8 Å². The van der Waals surface area contributed by atoms with E-state index in [1.54, 1.807) is 24.3 Å². The molecule has 0 aromatic heterocycles. The van der Waals surface area contributed by atoms with E-state index in [2.05, 4.69) is 5.32 Å². The molecular formula is C30H35ClN4O7S. The molecule has 1 unspecified atom stereocenters. The first-order valence-electron chi connectivity index (χ1n) is 13.6. The third kappa shape index (κ3) is 9.42. The molecule has 0 bridgehead atoms. The number of sulfonamides is 1. The van der Waals surface area contributed by atoms with Crippen LogP contribution in [0, 0.1) is 10.1 Å². The van der Waals surface area contributed by atoms with Gasteiger partial charge in [0, 0.05) is 36.7 Å². The lowest BCUT2D eigenvalue weighted by atomic mass is 10.0. The molecule has 0 aliphatic carbocycles. The number of benzene rings is 3. The van der Waals surface area contributed by atoms with E-state index in [1.165, 1.54) is 24.1 Å². The number of nitrogens with zero attached hydrogens (tertiary/aromatic N) is 3. The van der Waals surface area contributed by atoms with E-state index < -0.39 is 39.3 Å². The molecule has 1 atom stereocenters. The summed E-state index contributed by atoms with van der Waals surface area (Å²) in [4.78, 5) is 40.0. The summed E-state index contributed by atoms with van der Waals surface area (Å²) >= 11 is 6.22. The number of ether oxygens (including phenoxy) is 1. The normalized spacial score (nSPS) is 11.8. The molecule has 0 heterocycles. The highest BCUT2D eigenvalue weighted by molar-refractivity contribution is 7.92. The molecule has 11 nitrogen and oxygen atoms in total. The highest BCUT2D eigenvalue weighted by Crippen LogP contribution is 2.34. The first-order chi connectivity index (χ1) is 20.4. The van der Waals surface area contributed by atoms with Gasteiger partial charge in [-0.3, -0.25) is 24.0 Å². The zero-order valence-corrected chi connectivity index (χ0v) is 25.8. The lowest BCUT2D eigenvalue weighted by molar-refractivity contribution is -0.384. The van der Waals surface area contributed by atoms with Crippen molar-refractivity contribution in [1.82, 2.24) is 10.2 Å². The van der Waals surface area contributed by atoms with Gasteiger partial charge in [-0.1, -0.05) is 67.4 Å². The van der Waals surface area contributed by atoms with E-state index in [0.717, 1.165) is 35.0 Å². The Morgan fingerprint density at radius 2 is 1.74 bits per heavy atom. The molecule has 230 valence electrons. The van der Waals surface area contributed by atoms with Gasteiger partial charge < -0.3 is 15.0 Å². The predicted octanol–water partition coefficient (Wildman–Crippen LogP) is 4.58. The van der Waals surface area contributed by atoms with Crippen molar-refractivity contribution < 1.29 is 27.7 Å². The average molecular weight is 631 g/mol. The summed E-state index contributed by atoms with van der Waals surface area (Å²) in [6.07, 6.45) is 2.63. The molecule has 0 aliphatic heterocycles. The molecule has 13 heteroatoms. The highest BCUT2D eigenvalue weighted by atomic mass is 35.5. The van der Waals surface area contributed by atoms with Crippen molar-refractivity contribution in [2.24, 2.45) is 0 Å². The maximum absolute atomic E-state index is 14.2. The minimum Gasteiger partial charge on any atom is -0.495 e. The standard InChI is InChI=1S/C30H35ClN4O7S/c1-4-5-16-32-30(37)27(18-22-10-7-6-8-11-22)33(20-23-12-9-13-24(31)17-23)29(36)21-34(43(3,40)41)26-19-25(35(38)39)14-15-28(26)42-2/h6-15,17,19,27H,4-5,16,18,20-21H2,1-3H3,(H,32,37).